The third-order valence-electron chi connectivity index (χ3n) is 4.38. The van der Waals surface area contributed by atoms with E-state index in [9.17, 15) is 4.79 Å². The van der Waals surface area contributed by atoms with Gasteiger partial charge in [0.15, 0.2) is 6.10 Å². The first-order valence-electron chi connectivity index (χ1n) is 8.49. The van der Waals surface area contributed by atoms with E-state index in [0.29, 0.717) is 12.1 Å². The van der Waals surface area contributed by atoms with Gasteiger partial charge in [-0.15, -0.1) is 0 Å². The van der Waals surface area contributed by atoms with E-state index in [1.165, 1.54) is 0 Å². The highest BCUT2D eigenvalue weighted by molar-refractivity contribution is 5.94. The van der Waals surface area contributed by atoms with Gasteiger partial charge in [-0.25, -0.2) is 0 Å². The van der Waals surface area contributed by atoms with Crippen LogP contribution in [0.15, 0.2) is 36.7 Å². The molecule has 0 bridgehead atoms. The second-order valence-electron chi connectivity index (χ2n) is 5.93. The molecule has 0 radical (unpaired) electrons. The maximum absolute atomic E-state index is 12.4. The summed E-state index contributed by atoms with van der Waals surface area (Å²) < 4.78 is 7.57. The fourth-order valence-corrected chi connectivity index (χ4v) is 2.89. The van der Waals surface area contributed by atoms with Gasteiger partial charge in [0.1, 0.15) is 5.75 Å². The minimum atomic E-state index is -0.471. The number of anilines is 1. The third kappa shape index (κ3) is 3.76. The number of carbonyl (C=O) groups is 1. The number of fused-ring (bicyclic) bond motifs is 1. The molecule has 1 aliphatic rings. The van der Waals surface area contributed by atoms with Crippen LogP contribution in [0.3, 0.4) is 0 Å². The summed E-state index contributed by atoms with van der Waals surface area (Å²) in [5.74, 6) is 0.669. The minimum absolute atomic E-state index is 0.130. The van der Waals surface area contributed by atoms with E-state index in [4.69, 9.17) is 4.74 Å². The summed E-state index contributed by atoms with van der Waals surface area (Å²) in [4.78, 5) is 14.7. The van der Waals surface area contributed by atoms with Crippen molar-refractivity contribution in [3.05, 3.63) is 42.2 Å². The van der Waals surface area contributed by atoms with Gasteiger partial charge in [-0.05, 0) is 24.7 Å². The molecule has 1 atom stereocenters. The van der Waals surface area contributed by atoms with Gasteiger partial charge in [-0.2, -0.15) is 5.10 Å². The van der Waals surface area contributed by atoms with Crippen molar-refractivity contribution >= 4 is 11.6 Å². The SMILES string of the molecule is CCN(CC)CCn1cc(NC(=O)[C@H]2Cc3ccccc3O2)cn1. The highest BCUT2D eigenvalue weighted by Gasteiger charge is 2.28. The van der Waals surface area contributed by atoms with Crippen LogP contribution in [0.5, 0.6) is 5.75 Å². The van der Waals surface area contributed by atoms with Crippen LogP contribution in [0.25, 0.3) is 0 Å². The maximum atomic E-state index is 12.4. The number of rotatable bonds is 7. The third-order valence-corrected chi connectivity index (χ3v) is 4.38. The number of likely N-dealkylation sites (N-methyl/N-ethyl adjacent to an activating group) is 1. The molecule has 0 unspecified atom stereocenters. The minimum Gasteiger partial charge on any atom is -0.480 e. The Hall–Kier alpha value is -2.34. The molecule has 0 saturated carbocycles. The molecule has 2 aromatic rings. The first kappa shape index (κ1) is 16.5. The molecule has 24 heavy (non-hydrogen) atoms. The lowest BCUT2D eigenvalue weighted by molar-refractivity contribution is -0.122. The number of hydrogen-bond acceptors (Lipinski definition) is 4. The van der Waals surface area contributed by atoms with Crippen LogP contribution >= 0.6 is 0 Å². The molecule has 1 aromatic heterocycles. The van der Waals surface area contributed by atoms with Crippen molar-refractivity contribution in [3.8, 4) is 5.75 Å². The van der Waals surface area contributed by atoms with E-state index >= 15 is 0 Å². The van der Waals surface area contributed by atoms with Crippen LogP contribution in [0, 0.1) is 0 Å². The summed E-state index contributed by atoms with van der Waals surface area (Å²) >= 11 is 0. The largest absolute Gasteiger partial charge is 0.480 e. The van der Waals surface area contributed by atoms with Crippen LogP contribution in [0.1, 0.15) is 19.4 Å². The normalized spacial score (nSPS) is 16.0. The molecule has 0 aliphatic carbocycles. The Bertz CT molecular complexity index is 669. The van der Waals surface area contributed by atoms with Gasteiger partial charge in [0.25, 0.3) is 5.91 Å². The average Bonchev–Trinajstić information content (AvgIpc) is 3.22. The topological polar surface area (TPSA) is 59.4 Å². The quantitative estimate of drug-likeness (QED) is 0.846. The van der Waals surface area contributed by atoms with Gasteiger partial charge in [0, 0.05) is 19.2 Å². The predicted octanol–water partition coefficient (Wildman–Crippen LogP) is 2.17. The first-order chi connectivity index (χ1) is 11.7. The molecule has 6 heteroatoms. The summed E-state index contributed by atoms with van der Waals surface area (Å²) in [5.41, 5.74) is 1.78. The lowest BCUT2D eigenvalue weighted by Gasteiger charge is -2.17. The van der Waals surface area contributed by atoms with Crippen LogP contribution in [0.2, 0.25) is 0 Å². The average molecular weight is 328 g/mol. The van der Waals surface area contributed by atoms with Crippen molar-refractivity contribution in [2.75, 3.05) is 25.0 Å². The summed E-state index contributed by atoms with van der Waals surface area (Å²) in [5, 5.41) is 7.20. The van der Waals surface area contributed by atoms with E-state index in [-0.39, 0.29) is 5.91 Å². The number of aromatic nitrogens is 2. The zero-order valence-electron chi connectivity index (χ0n) is 14.2. The predicted molar refractivity (Wildman–Crippen MR) is 93.2 cm³/mol. The second-order valence-corrected chi connectivity index (χ2v) is 5.93. The molecule has 1 aliphatic heterocycles. The highest BCUT2D eigenvalue weighted by Crippen LogP contribution is 2.28. The molecule has 0 spiro atoms. The number of ether oxygens (including phenoxy) is 1. The Kier molecular flexibility index (Phi) is 5.15. The van der Waals surface area contributed by atoms with Gasteiger partial charge >= 0.3 is 0 Å². The van der Waals surface area contributed by atoms with Crippen molar-refractivity contribution < 1.29 is 9.53 Å². The van der Waals surface area contributed by atoms with Crippen molar-refractivity contribution in [2.24, 2.45) is 0 Å². The van der Waals surface area contributed by atoms with E-state index in [1.807, 2.05) is 35.1 Å². The molecular weight excluding hydrogens is 304 g/mol. The van der Waals surface area contributed by atoms with Crippen molar-refractivity contribution in [3.63, 3.8) is 0 Å². The van der Waals surface area contributed by atoms with Gasteiger partial charge in [0.2, 0.25) is 0 Å². The molecule has 0 saturated heterocycles. The summed E-state index contributed by atoms with van der Waals surface area (Å²) in [6, 6.07) is 7.77. The smallest absolute Gasteiger partial charge is 0.265 e. The molecule has 1 aromatic carbocycles. The number of benzene rings is 1. The van der Waals surface area contributed by atoms with E-state index in [0.717, 1.165) is 37.5 Å². The van der Waals surface area contributed by atoms with E-state index in [2.05, 4.69) is 29.2 Å². The molecular formula is C18H24N4O2. The number of amides is 1. The van der Waals surface area contributed by atoms with Crippen LogP contribution in [0.4, 0.5) is 5.69 Å². The number of nitrogens with zero attached hydrogens (tertiary/aromatic N) is 3. The monoisotopic (exact) mass is 328 g/mol. The zero-order chi connectivity index (χ0) is 16.9. The van der Waals surface area contributed by atoms with Gasteiger partial charge in [-0.1, -0.05) is 32.0 Å². The fourth-order valence-electron chi connectivity index (χ4n) is 2.89. The Balaban J connectivity index is 1.53. The van der Waals surface area contributed by atoms with Crippen LogP contribution < -0.4 is 10.1 Å². The fraction of sp³-hybridized carbons (Fsp3) is 0.444. The Morgan fingerprint density at radius 2 is 2.17 bits per heavy atom. The van der Waals surface area contributed by atoms with Gasteiger partial charge in [-0.3, -0.25) is 9.48 Å². The molecule has 3 rings (SSSR count). The van der Waals surface area contributed by atoms with Gasteiger partial charge in [0.05, 0.1) is 18.4 Å². The summed E-state index contributed by atoms with van der Waals surface area (Å²) in [6.45, 7) is 8.11. The van der Waals surface area contributed by atoms with Crippen LogP contribution in [-0.4, -0.2) is 46.3 Å². The number of para-hydroxylation sites is 1. The number of hydrogen-bond donors (Lipinski definition) is 1. The highest BCUT2D eigenvalue weighted by atomic mass is 16.5. The van der Waals surface area contributed by atoms with E-state index < -0.39 is 6.10 Å². The number of nitrogens with one attached hydrogen (secondary N) is 1. The van der Waals surface area contributed by atoms with Crippen molar-refractivity contribution in [1.29, 1.82) is 0 Å². The lowest BCUT2D eigenvalue weighted by atomic mass is 10.1. The van der Waals surface area contributed by atoms with Crippen LogP contribution in [-0.2, 0) is 17.8 Å². The maximum Gasteiger partial charge on any atom is 0.265 e. The van der Waals surface area contributed by atoms with Crippen molar-refractivity contribution in [1.82, 2.24) is 14.7 Å². The Morgan fingerprint density at radius 1 is 1.38 bits per heavy atom. The Morgan fingerprint density at radius 3 is 2.92 bits per heavy atom. The molecule has 0 fully saturated rings. The molecule has 6 nitrogen and oxygen atoms in total. The number of carbonyl (C=O) groups excluding carboxylic acids is 1. The molecule has 1 N–H and O–H groups in total. The zero-order valence-corrected chi connectivity index (χ0v) is 14.2. The summed E-state index contributed by atoms with van der Waals surface area (Å²) in [6.07, 6.45) is 3.69. The van der Waals surface area contributed by atoms with Crippen molar-refractivity contribution in [2.45, 2.75) is 32.9 Å². The first-order valence-corrected chi connectivity index (χ1v) is 8.49. The molecule has 2 heterocycles. The molecule has 1 amide bonds. The molecule has 128 valence electrons. The second kappa shape index (κ2) is 7.49. The standard InChI is InChI=1S/C18H24N4O2/c1-3-21(4-2)9-10-22-13-15(12-19-22)20-18(23)17-11-14-7-5-6-8-16(14)24-17/h5-8,12-13,17H,3-4,9-11H2,1-2H3,(H,20,23)/t17-/m1/s1. The Labute approximate surface area is 142 Å². The van der Waals surface area contributed by atoms with Gasteiger partial charge < -0.3 is 15.0 Å². The lowest BCUT2D eigenvalue weighted by Crippen LogP contribution is -2.31. The summed E-state index contributed by atoms with van der Waals surface area (Å²) in [7, 11) is 0. The van der Waals surface area contributed by atoms with E-state index in [1.54, 1.807) is 6.20 Å².